The van der Waals surface area contributed by atoms with Gasteiger partial charge in [0.25, 0.3) is 5.92 Å². The normalized spacial score (nSPS) is 32.9. The summed E-state index contributed by atoms with van der Waals surface area (Å²) in [6.45, 7) is 0. The molecule has 60 valence electrons. The number of hydrogen-bond donors (Lipinski definition) is 0. The molecule has 0 aliphatic heterocycles. The summed E-state index contributed by atoms with van der Waals surface area (Å²) in [4.78, 5) is 0. The first-order valence-corrected chi connectivity index (χ1v) is 5.09. The van der Waals surface area contributed by atoms with Gasteiger partial charge in [-0.2, -0.15) is 0 Å². The maximum Gasteiger partial charge on any atom is 0.251 e. The van der Waals surface area contributed by atoms with Crippen LogP contribution >= 0.6 is 10.7 Å². The van der Waals surface area contributed by atoms with Gasteiger partial charge in [-0.25, -0.2) is 13.0 Å². The highest BCUT2D eigenvalue weighted by Crippen LogP contribution is 2.43. The van der Waals surface area contributed by atoms with Crippen molar-refractivity contribution < 1.29 is 13.0 Å². The predicted octanol–water partition coefficient (Wildman–Crippen LogP) is 1.93. The second-order valence-corrected chi connectivity index (χ2v) is 4.40. The van der Waals surface area contributed by atoms with Gasteiger partial charge in [0.05, 0.1) is 0 Å². The van der Waals surface area contributed by atoms with Gasteiger partial charge in [-0.05, 0) is 17.1 Å². The van der Waals surface area contributed by atoms with Crippen molar-refractivity contribution >= 4 is 20.7 Å². The van der Waals surface area contributed by atoms with Crippen molar-refractivity contribution in [1.29, 1.82) is 0 Å². The van der Waals surface area contributed by atoms with Crippen molar-refractivity contribution in [2.75, 3.05) is 5.75 Å². The minimum atomic E-state index is -2.61. The molecule has 0 bridgehead atoms. The summed E-state index contributed by atoms with van der Waals surface area (Å²) in [5.74, 6) is -3.43. The SMILES string of the molecule is O=S(Cl)CC1CCC1(F)F. The number of hydrogen-bond acceptors (Lipinski definition) is 1. The van der Waals surface area contributed by atoms with Crippen LogP contribution in [0.3, 0.4) is 0 Å². The first-order chi connectivity index (χ1) is 4.52. The Bertz CT molecular complexity index is 162. The number of rotatable bonds is 2. The molecule has 1 aliphatic rings. The highest BCUT2D eigenvalue weighted by atomic mass is 35.7. The van der Waals surface area contributed by atoms with Crippen LogP contribution in [-0.4, -0.2) is 15.9 Å². The summed E-state index contributed by atoms with van der Waals surface area (Å²) < 4.78 is 35.0. The average Bonchev–Trinajstić information content (AvgIpc) is 1.81. The van der Waals surface area contributed by atoms with Crippen LogP contribution in [0.15, 0.2) is 0 Å². The van der Waals surface area contributed by atoms with Gasteiger partial charge in [-0.1, -0.05) is 0 Å². The molecule has 2 unspecified atom stereocenters. The maximum absolute atomic E-state index is 12.4. The molecule has 0 saturated heterocycles. The van der Waals surface area contributed by atoms with Crippen LogP contribution in [-0.2, 0) is 10.0 Å². The van der Waals surface area contributed by atoms with Crippen molar-refractivity contribution in [1.82, 2.24) is 0 Å². The van der Waals surface area contributed by atoms with E-state index in [1.54, 1.807) is 0 Å². The second-order valence-electron chi connectivity index (χ2n) is 2.45. The summed E-state index contributed by atoms with van der Waals surface area (Å²) in [5.41, 5.74) is 0. The smallest absolute Gasteiger partial charge is 0.243 e. The molecule has 0 aromatic carbocycles. The van der Waals surface area contributed by atoms with Crippen LogP contribution in [0.25, 0.3) is 0 Å². The van der Waals surface area contributed by atoms with E-state index in [1.807, 2.05) is 0 Å². The highest BCUT2D eigenvalue weighted by Gasteiger charge is 2.48. The molecule has 0 N–H and O–H groups in total. The Kier molecular flexibility index (Phi) is 2.30. The van der Waals surface area contributed by atoms with E-state index in [0.717, 1.165) is 0 Å². The van der Waals surface area contributed by atoms with E-state index in [9.17, 15) is 13.0 Å². The fraction of sp³-hybridized carbons (Fsp3) is 1.00. The lowest BCUT2D eigenvalue weighted by Crippen LogP contribution is -2.41. The van der Waals surface area contributed by atoms with Crippen molar-refractivity contribution in [2.45, 2.75) is 18.8 Å². The van der Waals surface area contributed by atoms with Gasteiger partial charge in [-0.3, -0.25) is 0 Å². The molecule has 1 nitrogen and oxygen atoms in total. The van der Waals surface area contributed by atoms with E-state index >= 15 is 0 Å². The van der Waals surface area contributed by atoms with E-state index in [1.165, 1.54) is 0 Å². The topological polar surface area (TPSA) is 17.1 Å². The van der Waals surface area contributed by atoms with Crippen molar-refractivity contribution in [3.63, 3.8) is 0 Å². The lowest BCUT2D eigenvalue weighted by molar-refractivity contribution is -0.122. The van der Waals surface area contributed by atoms with E-state index < -0.39 is 21.9 Å². The van der Waals surface area contributed by atoms with E-state index in [2.05, 4.69) is 0 Å². The Morgan fingerprint density at radius 3 is 2.40 bits per heavy atom. The Morgan fingerprint density at radius 1 is 1.70 bits per heavy atom. The number of alkyl halides is 2. The predicted molar refractivity (Wildman–Crippen MR) is 36.5 cm³/mol. The zero-order valence-electron chi connectivity index (χ0n) is 5.15. The average molecular weight is 189 g/mol. The Labute approximate surface area is 64.7 Å². The van der Waals surface area contributed by atoms with Gasteiger partial charge in [0.15, 0.2) is 0 Å². The highest BCUT2D eigenvalue weighted by molar-refractivity contribution is 8.08. The van der Waals surface area contributed by atoms with Crippen molar-refractivity contribution in [3.05, 3.63) is 0 Å². The van der Waals surface area contributed by atoms with Gasteiger partial charge in [0.2, 0.25) is 0 Å². The molecular weight excluding hydrogens is 182 g/mol. The molecule has 1 aliphatic carbocycles. The molecule has 1 rings (SSSR count). The molecule has 1 fully saturated rings. The molecule has 0 amide bonds. The lowest BCUT2D eigenvalue weighted by atomic mass is 9.82. The fourth-order valence-electron chi connectivity index (χ4n) is 0.930. The summed E-state index contributed by atoms with van der Waals surface area (Å²) in [5, 5.41) is 0. The third-order valence-electron chi connectivity index (χ3n) is 1.76. The standard InChI is InChI=1S/C5H7ClF2OS/c6-10(9)3-4-1-2-5(4,7)8/h4H,1-3H2. The van der Waals surface area contributed by atoms with Crippen LogP contribution < -0.4 is 0 Å². The van der Waals surface area contributed by atoms with Gasteiger partial charge in [-0.15, -0.1) is 0 Å². The summed E-state index contributed by atoms with van der Waals surface area (Å²) in [7, 11) is 3.45. The van der Waals surface area contributed by atoms with Gasteiger partial charge < -0.3 is 0 Å². The zero-order valence-corrected chi connectivity index (χ0v) is 6.72. The summed E-state index contributed by atoms with van der Waals surface area (Å²) in [6, 6.07) is 0. The fourth-order valence-corrected chi connectivity index (χ4v) is 2.11. The summed E-state index contributed by atoms with van der Waals surface area (Å²) >= 11 is 0. The van der Waals surface area contributed by atoms with Crippen LogP contribution in [0.1, 0.15) is 12.8 Å². The third-order valence-corrected chi connectivity index (χ3v) is 2.80. The van der Waals surface area contributed by atoms with Gasteiger partial charge in [0.1, 0.15) is 10.0 Å². The van der Waals surface area contributed by atoms with Crippen molar-refractivity contribution in [3.8, 4) is 0 Å². The van der Waals surface area contributed by atoms with E-state index in [0.29, 0.717) is 6.42 Å². The largest absolute Gasteiger partial charge is 0.251 e. The van der Waals surface area contributed by atoms with Gasteiger partial charge in [0, 0.05) is 18.1 Å². The summed E-state index contributed by atoms with van der Waals surface area (Å²) in [6.07, 6.45) is 0.372. The zero-order chi connectivity index (χ0) is 7.78. The van der Waals surface area contributed by atoms with E-state index in [4.69, 9.17) is 10.7 Å². The maximum atomic E-state index is 12.4. The van der Waals surface area contributed by atoms with Crippen LogP contribution in [0.2, 0.25) is 0 Å². The Balaban J connectivity index is 2.37. The first kappa shape index (κ1) is 8.40. The third kappa shape index (κ3) is 1.66. The van der Waals surface area contributed by atoms with Crippen LogP contribution in [0.5, 0.6) is 0 Å². The lowest BCUT2D eigenvalue weighted by Gasteiger charge is -2.35. The monoisotopic (exact) mass is 188 g/mol. The second kappa shape index (κ2) is 2.74. The molecule has 10 heavy (non-hydrogen) atoms. The molecule has 0 radical (unpaired) electrons. The number of halogens is 3. The molecular formula is C5H7ClF2OS. The Hall–Kier alpha value is 0.300. The molecule has 0 spiro atoms. The van der Waals surface area contributed by atoms with Gasteiger partial charge >= 0.3 is 0 Å². The van der Waals surface area contributed by atoms with Crippen LogP contribution in [0, 0.1) is 5.92 Å². The Morgan fingerprint density at radius 2 is 2.30 bits per heavy atom. The van der Waals surface area contributed by atoms with Crippen LogP contribution in [0.4, 0.5) is 8.78 Å². The first-order valence-electron chi connectivity index (χ1n) is 2.95. The molecule has 0 aromatic heterocycles. The van der Waals surface area contributed by atoms with E-state index in [-0.39, 0.29) is 12.2 Å². The quantitative estimate of drug-likeness (QED) is 0.606. The molecule has 5 heteroatoms. The molecule has 0 heterocycles. The molecule has 2 atom stereocenters. The molecule has 1 saturated carbocycles. The minimum Gasteiger partial charge on any atom is -0.243 e. The minimum absolute atomic E-state index is 0.0748. The van der Waals surface area contributed by atoms with Crippen molar-refractivity contribution in [2.24, 2.45) is 5.92 Å². The molecule has 0 aromatic rings.